The molecule has 1 unspecified atom stereocenters. The highest BCUT2D eigenvalue weighted by Crippen LogP contribution is 2.30. The van der Waals surface area contributed by atoms with Gasteiger partial charge < -0.3 is 20.5 Å². The Balaban J connectivity index is 0.00000625. The summed E-state index contributed by atoms with van der Waals surface area (Å²) in [6, 6.07) is 4.34. The molecule has 0 bridgehead atoms. The summed E-state index contributed by atoms with van der Waals surface area (Å²) in [5, 5.41) is 16.1. The lowest BCUT2D eigenvalue weighted by Gasteiger charge is -2.14. The van der Waals surface area contributed by atoms with Crippen molar-refractivity contribution >= 4 is 41.7 Å². The van der Waals surface area contributed by atoms with E-state index in [4.69, 9.17) is 4.74 Å². The molecular formula is C16H25F3IN3O2S. The van der Waals surface area contributed by atoms with Crippen LogP contribution in [0, 0.1) is 0 Å². The van der Waals surface area contributed by atoms with E-state index in [1.165, 1.54) is 12.1 Å². The van der Waals surface area contributed by atoms with Crippen molar-refractivity contribution in [3.05, 3.63) is 29.8 Å². The predicted octanol–water partition coefficient (Wildman–Crippen LogP) is 2.98. The Labute approximate surface area is 173 Å². The van der Waals surface area contributed by atoms with Crippen LogP contribution < -0.4 is 15.4 Å². The molecule has 0 saturated carbocycles. The van der Waals surface area contributed by atoms with Crippen LogP contribution in [0.4, 0.5) is 13.2 Å². The molecule has 1 aromatic carbocycles. The van der Waals surface area contributed by atoms with E-state index in [1.54, 1.807) is 11.8 Å². The Hall–Kier alpha value is -0.880. The SMILES string of the molecule is CCNC(=NCC(O)COc1ccc(C(F)(F)F)cc1)NCCSC.I. The molecule has 26 heavy (non-hydrogen) atoms. The third-order valence-electron chi connectivity index (χ3n) is 3.03. The summed E-state index contributed by atoms with van der Waals surface area (Å²) in [6.07, 6.45) is -3.23. The van der Waals surface area contributed by atoms with Gasteiger partial charge in [-0.15, -0.1) is 24.0 Å². The molecule has 0 amide bonds. The van der Waals surface area contributed by atoms with E-state index >= 15 is 0 Å². The minimum atomic E-state index is -4.38. The first-order valence-corrected chi connectivity index (χ1v) is 9.25. The molecular weight excluding hydrogens is 482 g/mol. The number of aliphatic hydroxyl groups is 1. The number of guanidine groups is 1. The first-order chi connectivity index (χ1) is 11.9. The number of aliphatic hydroxyl groups excluding tert-OH is 1. The molecule has 0 saturated heterocycles. The lowest BCUT2D eigenvalue weighted by Crippen LogP contribution is -2.39. The van der Waals surface area contributed by atoms with Gasteiger partial charge in [0.05, 0.1) is 12.1 Å². The number of halogens is 4. The van der Waals surface area contributed by atoms with Gasteiger partial charge in [-0.3, -0.25) is 4.99 Å². The van der Waals surface area contributed by atoms with Crippen molar-refractivity contribution in [2.24, 2.45) is 4.99 Å². The highest BCUT2D eigenvalue weighted by molar-refractivity contribution is 14.0. The third kappa shape index (κ3) is 10.3. The van der Waals surface area contributed by atoms with Gasteiger partial charge in [-0.25, -0.2) is 0 Å². The molecule has 0 heterocycles. The number of nitrogens with zero attached hydrogens (tertiary/aromatic N) is 1. The van der Waals surface area contributed by atoms with Gasteiger partial charge >= 0.3 is 6.18 Å². The first-order valence-electron chi connectivity index (χ1n) is 7.86. The van der Waals surface area contributed by atoms with Crippen LogP contribution in [0.5, 0.6) is 5.75 Å². The largest absolute Gasteiger partial charge is 0.491 e. The molecule has 5 nitrogen and oxygen atoms in total. The normalized spacial score (nSPS) is 12.9. The summed E-state index contributed by atoms with van der Waals surface area (Å²) >= 11 is 1.71. The molecule has 0 spiro atoms. The standard InChI is InChI=1S/C16H24F3N3O2S.HI/c1-3-20-15(21-8-9-25-2)22-10-13(23)11-24-14-6-4-12(5-7-14)16(17,18)19;/h4-7,13,23H,3,8-11H2,1-2H3,(H2,20,21,22);1H. The molecule has 3 N–H and O–H groups in total. The van der Waals surface area contributed by atoms with Crippen LogP contribution >= 0.6 is 35.7 Å². The van der Waals surface area contributed by atoms with Crippen molar-refractivity contribution < 1.29 is 23.0 Å². The van der Waals surface area contributed by atoms with E-state index in [0.29, 0.717) is 12.5 Å². The Morgan fingerprint density at radius 2 is 1.92 bits per heavy atom. The maximum Gasteiger partial charge on any atom is 0.416 e. The molecule has 0 aliphatic rings. The zero-order valence-corrected chi connectivity index (χ0v) is 17.8. The van der Waals surface area contributed by atoms with Gasteiger partial charge in [0.25, 0.3) is 0 Å². The van der Waals surface area contributed by atoms with E-state index < -0.39 is 17.8 Å². The summed E-state index contributed by atoms with van der Waals surface area (Å²) in [6.45, 7) is 3.46. The minimum absolute atomic E-state index is 0. The average Bonchev–Trinajstić information content (AvgIpc) is 2.57. The monoisotopic (exact) mass is 507 g/mol. The average molecular weight is 507 g/mol. The number of hydrogen-bond acceptors (Lipinski definition) is 4. The molecule has 0 radical (unpaired) electrons. The van der Waals surface area contributed by atoms with Gasteiger partial charge in [0.1, 0.15) is 18.5 Å². The fourth-order valence-electron chi connectivity index (χ4n) is 1.80. The van der Waals surface area contributed by atoms with E-state index in [1.807, 2.05) is 13.2 Å². The zero-order chi connectivity index (χ0) is 18.7. The number of benzene rings is 1. The number of ether oxygens (including phenoxy) is 1. The van der Waals surface area contributed by atoms with Crippen molar-refractivity contribution in [2.45, 2.75) is 19.2 Å². The van der Waals surface area contributed by atoms with Crippen molar-refractivity contribution in [3.63, 3.8) is 0 Å². The molecule has 150 valence electrons. The molecule has 0 aromatic heterocycles. The van der Waals surface area contributed by atoms with Crippen molar-refractivity contribution in [3.8, 4) is 5.75 Å². The van der Waals surface area contributed by atoms with Crippen LogP contribution in [0.1, 0.15) is 12.5 Å². The van der Waals surface area contributed by atoms with Crippen molar-refractivity contribution in [1.82, 2.24) is 10.6 Å². The summed E-state index contributed by atoms with van der Waals surface area (Å²) < 4.78 is 42.7. The van der Waals surface area contributed by atoms with E-state index in [-0.39, 0.29) is 42.9 Å². The second-order valence-electron chi connectivity index (χ2n) is 5.13. The van der Waals surface area contributed by atoms with Crippen LogP contribution in [-0.2, 0) is 6.18 Å². The zero-order valence-electron chi connectivity index (χ0n) is 14.7. The molecule has 1 aromatic rings. The quantitative estimate of drug-likeness (QED) is 0.208. The van der Waals surface area contributed by atoms with E-state index in [0.717, 1.165) is 24.4 Å². The number of aliphatic imine (C=N–C) groups is 1. The van der Waals surface area contributed by atoms with Crippen LogP contribution in [0.15, 0.2) is 29.3 Å². The molecule has 0 aliphatic carbocycles. The van der Waals surface area contributed by atoms with E-state index in [9.17, 15) is 18.3 Å². The maximum atomic E-state index is 12.5. The van der Waals surface area contributed by atoms with Crippen LogP contribution in [0.25, 0.3) is 0 Å². The minimum Gasteiger partial charge on any atom is -0.491 e. The van der Waals surface area contributed by atoms with Crippen molar-refractivity contribution in [1.29, 1.82) is 0 Å². The fourth-order valence-corrected chi connectivity index (χ4v) is 2.10. The van der Waals surface area contributed by atoms with E-state index in [2.05, 4.69) is 15.6 Å². The Kier molecular flexibility index (Phi) is 12.9. The first kappa shape index (κ1) is 25.1. The number of nitrogens with one attached hydrogen (secondary N) is 2. The molecule has 0 fully saturated rings. The lowest BCUT2D eigenvalue weighted by atomic mass is 10.2. The summed E-state index contributed by atoms with van der Waals surface area (Å²) in [7, 11) is 0. The summed E-state index contributed by atoms with van der Waals surface area (Å²) in [5.41, 5.74) is -0.739. The molecule has 1 atom stereocenters. The second-order valence-corrected chi connectivity index (χ2v) is 6.11. The van der Waals surface area contributed by atoms with Gasteiger partial charge in [0.2, 0.25) is 0 Å². The van der Waals surface area contributed by atoms with Crippen molar-refractivity contribution in [2.75, 3.05) is 38.2 Å². The van der Waals surface area contributed by atoms with Crippen LogP contribution in [0.3, 0.4) is 0 Å². The third-order valence-corrected chi connectivity index (χ3v) is 3.64. The van der Waals surface area contributed by atoms with Gasteiger partial charge in [0, 0.05) is 18.8 Å². The fraction of sp³-hybridized carbons (Fsp3) is 0.562. The van der Waals surface area contributed by atoms with Gasteiger partial charge in [0.15, 0.2) is 5.96 Å². The molecule has 10 heteroatoms. The number of rotatable bonds is 9. The second kappa shape index (κ2) is 13.3. The predicted molar refractivity (Wildman–Crippen MR) is 111 cm³/mol. The number of thioether (sulfide) groups is 1. The number of hydrogen-bond donors (Lipinski definition) is 3. The molecule has 0 aliphatic heterocycles. The summed E-state index contributed by atoms with van der Waals surface area (Å²) in [4.78, 5) is 4.25. The van der Waals surface area contributed by atoms with Gasteiger partial charge in [-0.05, 0) is 37.4 Å². The topological polar surface area (TPSA) is 65.9 Å². The van der Waals surface area contributed by atoms with Gasteiger partial charge in [-0.2, -0.15) is 24.9 Å². The smallest absolute Gasteiger partial charge is 0.416 e. The van der Waals surface area contributed by atoms with Gasteiger partial charge in [-0.1, -0.05) is 0 Å². The Morgan fingerprint density at radius 1 is 1.27 bits per heavy atom. The lowest BCUT2D eigenvalue weighted by molar-refractivity contribution is -0.137. The number of alkyl halides is 3. The maximum absolute atomic E-state index is 12.5. The van der Waals surface area contributed by atoms with Crippen LogP contribution in [-0.4, -0.2) is 55.4 Å². The molecule has 1 rings (SSSR count). The Morgan fingerprint density at radius 3 is 2.46 bits per heavy atom. The summed E-state index contributed by atoms with van der Waals surface area (Å²) in [5.74, 6) is 1.80. The van der Waals surface area contributed by atoms with Crippen LogP contribution in [0.2, 0.25) is 0 Å². The highest BCUT2D eigenvalue weighted by atomic mass is 127. The Bertz CT molecular complexity index is 530. The highest BCUT2D eigenvalue weighted by Gasteiger charge is 2.30.